The van der Waals surface area contributed by atoms with Gasteiger partial charge in [-0.1, -0.05) is 19.1 Å². The molecule has 1 unspecified atom stereocenters. The molecule has 4 saturated carbocycles. The van der Waals surface area contributed by atoms with E-state index in [9.17, 15) is 0 Å². The minimum Gasteiger partial charge on any atom is -0.464 e. The Balaban J connectivity index is 1.57. The predicted molar refractivity (Wildman–Crippen MR) is 97.1 cm³/mol. The fourth-order valence-electron chi connectivity index (χ4n) is 5.94. The Labute approximate surface area is 146 Å². The molecule has 0 heterocycles. The summed E-state index contributed by atoms with van der Waals surface area (Å²) in [7, 11) is 0. The number of ether oxygens (including phenoxy) is 2. The average Bonchev–Trinajstić information content (AvgIpc) is 2.53. The third-order valence-corrected chi connectivity index (χ3v) is 6.56. The normalized spacial score (nSPS) is 35.4. The Morgan fingerprint density at radius 2 is 1.50 bits per heavy atom. The number of aryl methyl sites for hydroxylation is 1. The third kappa shape index (κ3) is 3.10. The topological polar surface area (TPSA) is 18.5 Å². The van der Waals surface area contributed by atoms with Crippen molar-refractivity contribution in [3.05, 3.63) is 29.8 Å². The molecule has 4 aliphatic rings. The van der Waals surface area contributed by atoms with Crippen molar-refractivity contribution >= 4 is 0 Å². The van der Waals surface area contributed by atoms with E-state index in [0.29, 0.717) is 0 Å². The highest BCUT2D eigenvalue weighted by molar-refractivity contribution is 5.27. The summed E-state index contributed by atoms with van der Waals surface area (Å²) in [5.74, 6) is 3.72. The molecular weight excluding hydrogens is 296 g/mol. The van der Waals surface area contributed by atoms with Crippen LogP contribution in [0.2, 0.25) is 0 Å². The Hall–Kier alpha value is -1.02. The maximum atomic E-state index is 6.49. The molecule has 0 aliphatic heterocycles. The fraction of sp³-hybridized carbons (Fsp3) is 0.727. The van der Waals surface area contributed by atoms with Gasteiger partial charge in [0.1, 0.15) is 5.75 Å². The van der Waals surface area contributed by atoms with Crippen molar-refractivity contribution in [1.82, 2.24) is 0 Å². The highest BCUT2D eigenvalue weighted by atomic mass is 16.7. The lowest BCUT2D eigenvalue weighted by atomic mass is 9.49. The van der Waals surface area contributed by atoms with Gasteiger partial charge in [0.25, 0.3) is 0 Å². The fourth-order valence-corrected chi connectivity index (χ4v) is 5.94. The zero-order valence-electron chi connectivity index (χ0n) is 15.5. The summed E-state index contributed by atoms with van der Waals surface area (Å²) in [6.07, 6.45) is 9.49. The molecule has 1 aromatic rings. The SMILES string of the molecule is CCc1ccc(OC(OC(C)C)C23CC4CC(CC(C4)C2)C3)cc1. The number of hydrogen-bond donors (Lipinski definition) is 0. The first-order chi connectivity index (χ1) is 11.6. The van der Waals surface area contributed by atoms with E-state index in [0.717, 1.165) is 29.9 Å². The van der Waals surface area contributed by atoms with Gasteiger partial charge in [0.2, 0.25) is 6.29 Å². The van der Waals surface area contributed by atoms with Crippen molar-refractivity contribution in [2.45, 2.75) is 78.1 Å². The second-order valence-corrected chi connectivity index (χ2v) is 8.91. The molecule has 5 rings (SSSR count). The molecule has 0 amide bonds. The van der Waals surface area contributed by atoms with Crippen LogP contribution in [-0.4, -0.2) is 12.4 Å². The van der Waals surface area contributed by atoms with Crippen LogP contribution in [0, 0.1) is 23.2 Å². The minimum atomic E-state index is -0.0848. The van der Waals surface area contributed by atoms with Gasteiger partial charge in [-0.05, 0) is 94.2 Å². The van der Waals surface area contributed by atoms with Crippen molar-refractivity contribution in [3.8, 4) is 5.75 Å². The van der Waals surface area contributed by atoms with Gasteiger partial charge in [0, 0.05) is 5.41 Å². The maximum absolute atomic E-state index is 6.49. The van der Waals surface area contributed by atoms with E-state index in [-0.39, 0.29) is 17.8 Å². The third-order valence-electron chi connectivity index (χ3n) is 6.56. The number of rotatable bonds is 6. The summed E-state index contributed by atoms with van der Waals surface area (Å²) in [4.78, 5) is 0. The standard InChI is InChI=1S/C22H32O2/c1-4-16-5-7-20(8-6-16)24-21(23-15(2)3)22-12-17-9-18(13-22)11-19(10-17)14-22/h5-8,15,17-19,21H,4,9-14H2,1-3H3. The summed E-state index contributed by atoms with van der Waals surface area (Å²) >= 11 is 0. The van der Waals surface area contributed by atoms with Crippen LogP contribution in [0.1, 0.15) is 64.9 Å². The number of hydrogen-bond acceptors (Lipinski definition) is 2. The molecule has 2 heteroatoms. The molecule has 0 N–H and O–H groups in total. The lowest BCUT2D eigenvalue weighted by Gasteiger charge is -2.58. The summed E-state index contributed by atoms with van der Waals surface area (Å²) in [6.45, 7) is 6.46. The van der Waals surface area contributed by atoms with Gasteiger partial charge in [-0.2, -0.15) is 0 Å². The van der Waals surface area contributed by atoms with E-state index < -0.39 is 0 Å². The molecule has 0 spiro atoms. The molecule has 1 aromatic carbocycles. The zero-order valence-corrected chi connectivity index (χ0v) is 15.5. The molecule has 24 heavy (non-hydrogen) atoms. The lowest BCUT2D eigenvalue weighted by Crippen LogP contribution is -2.54. The Bertz CT molecular complexity index is 525. The molecule has 4 aliphatic carbocycles. The first kappa shape index (κ1) is 16.4. The van der Waals surface area contributed by atoms with E-state index in [1.54, 1.807) is 0 Å². The number of benzene rings is 1. The Morgan fingerprint density at radius 1 is 0.958 bits per heavy atom. The van der Waals surface area contributed by atoms with Crippen LogP contribution in [-0.2, 0) is 11.2 Å². The van der Waals surface area contributed by atoms with Gasteiger partial charge in [0.05, 0.1) is 6.10 Å². The van der Waals surface area contributed by atoms with Crippen molar-refractivity contribution < 1.29 is 9.47 Å². The molecule has 0 saturated heterocycles. The first-order valence-corrected chi connectivity index (χ1v) is 9.97. The van der Waals surface area contributed by atoms with Crippen molar-refractivity contribution in [2.24, 2.45) is 23.2 Å². The molecule has 4 fully saturated rings. The van der Waals surface area contributed by atoms with E-state index in [2.05, 4.69) is 45.0 Å². The second kappa shape index (κ2) is 6.37. The van der Waals surface area contributed by atoms with Gasteiger partial charge in [-0.3, -0.25) is 0 Å². The van der Waals surface area contributed by atoms with Crippen LogP contribution in [0.3, 0.4) is 0 Å². The molecule has 4 bridgehead atoms. The minimum absolute atomic E-state index is 0.0848. The van der Waals surface area contributed by atoms with E-state index in [1.165, 1.54) is 44.1 Å². The van der Waals surface area contributed by atoms with Crippen molar-refractivity contribution in [2.75, 3.05) is 0 Å². The molecular formula is C22H32O2. The van der Waals surface area contributed by atoms with Gasteiger partial charge in [-0.15, -0.1) is 0 Å². The highest BCUT2D eigenvalue weighted by Crippen LogP contribution is 2.62. The molecule has 0 aromatic heterocycles. The van der Waals surface area contributed by atoms with Crippen LogP contribution in [0.5, 0.6) is 5.75 Å². The van der Waals surface area contributed by atoms with E-state index in [4.69, 9.17) is 9.47 Å². The van der Waals surface area contributed by atoms with Gasteiger partial charge < -0.3 is 9.47 Å². The van der Waals surface area contributed by atoms with E-state index >= 15 is 0 Å². The van der Waals surface area contributed by atoms with Crippen molar-refractivity contribution in [1.29, 1.82) is 0 Å². The molecule has 2 nitrogen and oxygen atoms in total. The Kier molecular flexibility index (Phi) is 4.36. The van der Waals surface area contributed by atoms with Crippen LogP contribution in [0.4, 0.5) is 0 Å². The molecule has 0 radical (unpaired) electrons. The second-order valence-electron chi connectivity index (χ2n) is 8.91. The van der Waals surface area contributed by atoms with Gasteiger partial charge in [-0.25, -0.2) is 0 Å². The predicted octanol–water partition coefficient (Wildman–Crippen LogP) is 5.60. The van der Waals surface area contributed by atoms with E-state index in [1.807, 2.05) is 0 Å². The maximum Gasteiger partial charge on any atom is 0.205 e. The average molecular weight is 328 g/mol. The summed E-state index contributed by atoms with van der Waals surface area (Å²) in [5, 5.41) is 0. The lowest BCUT2D eigenvalue weighted by molar-refractivity contribution is -0.227. The van der Waals surface area contributed by atoms with Gasteiger partial charge >= 0.3 is 0 Å². The monoisotopic (exact) mass is 328 g/mol. The van der Waals surface area contributed by atoms with Gasteiger partial charge in [0.15, 0.2) is 0 Å². The quantitative estimate of drug-likeness (QED) is 0.633. The van der Waals surface area contributed by atoms with Crippen molar-refractivity contribution in [3.63, 3.8) is 0 Å². The first-order valence-electron chi connectivity index (χ1n) is 9.97. The molecule has 1 atom stereocenters. The Morgan fingerprint density at radius 3 is 1.96 bits per heavy atom. The summed E-state index contributed by atoms with van der Waals surface area (Å²) in [5.41, 5.74) is 1.61. The van der Waals surface area contributed by atoms with Crippen LogP contribution in [0.25, 0.3) is 0 Å². The van der Waals surface area contributed by atoms with Crippen LogP contribution < -0.4 is 4.74 Å². The smallest absolute Gasteiger partial charge is 0.205 e. The zero-order chi connectivity index (χ0) is 16.7. The molecule has 132 valence electrons. The summed E-state index contributed by atoms with van der Waals surface area (Å²) < 4.78 is 12.9. The van der Waals surface area contributed by atoms with Crippen LogP contribution >= 0.6 is 0 Å². The highest BCUT2D eigenvalue weighted by Gasteiger charge is 2.56. The largest absolute Gasteiger partial charge is 0.464 e. The van der Waals surface area contributed by atoms with Crippen LogP contribution in [0.15, 0.2) is 24.3 Å². The summed E-state index contributed by atoms with van der Waals surface area (Å²) in [6, 6.07) is 8.61.